The van der Waals surface area contributed by atoms with Gasteiger partial charge in [-0.25, -0.2) is 18.0 Å². The summed E-state index contributed by atoms with van der Waals surface area (Å²) in [6.45, 7) is 1.68. The maximum absolute atomic E-state index is 13.6. The summed E-state index contributed by atoms with van der Waals surface area (Å²) >= 11 is 0. The van der Waals surface area contributed by atoms with Gasteiger partial charge in [0.1, 0.15) is 6.04 Å². The highest BCUT2D eigenvalue weighted by Crippen LogP contribution is 2.38. The molecule has 1 atom stereocenters. The Kier molecular flexibility index (Phi) is 4.45. The Morgan fingerprint density at radius 3 is 2.43 bits per heavy atom. The number of benzene rings is 1. The molecular weight excluding hydrogens is 403 g/mol. The molecule has 0 radical (unpaired) electrons. The number of aromatic nitrogens is 2. The van der Waals surface area contributed by atoms with Crippen molar-refractivity contribution in [2.75, 3.05) is 18.1 Å². The first-order chi connectivity index (χ1) is 12.8. The molecule has 0 aliphatic carbocycles. The van der Waals surface area contributed by atoms with Gasteiger partial charge in [-0.15, -0.1) is 0 Å². The number of rotatable bonds is 3. The predicted molar refractivity (Wildman–Crippen MR) is 94.1 cm³/mol. The molecule has 0 bridgehead atoms. The number of nitrogens with zero attached hydrogens (tertiary/aromatic N) is 3. The van der Waals surface area contributed by atoms with E-state index in [1.165, 1.54) is 17.8 Å². The molecule has 0 saturated heterocycles. The third-order valence-corrected chi connectivity index (χ3v) is 4.49. The highest BCUT2D eigenvalue weighted by atomic mass is 32.2. The third-order valence-electron chi connectivity index (χ3n) is 3.98. The summed E-state index contributed by atoms with van der Waals surface area (Å²) in [7, 11) is -2.52. The zero-order valence-electron chi connectivity index (χ0n) is 14.8. The Hall–Kier alpha value is -2.96. The zero-order valence-corrected chi connectivity index (χ0v) is 15.6. The van der Waals surface area contributed by atoms with Crippen LogP contribution in [0.3, 0.4) is 0 Å². The van der Waals surface area contributed by atoms with Gasteiger partial charge in [0.25, 0.3) is 5.56 Å². The van der Waals surface area contributed by atoms with E-state index in [-0.39, 0.29) is 32.9 Å². The number of halogens is 3. The summed E-state index contributed by atoms with van der Waals surface area (Å²) in [5.41, 5.74) is -3.94. The minimum absolute atomic E-state index is 0.134. The maximum atomic E-state index is 13.6. The SMILES string of the molecule is CC1C=C(c2cc3c(=O)n(NS(C)(=O)=O)c(=O)[nH]c3cc2C(F)(F)F)[N+](C)=N1. The van der Waals surface area contributed by atoms with Gasteiger partial charge in [-0.05, 0) is 24.2 Å². The lowest BCUT2D eigenvalue weighted by Gasteiger charge is -2.13. The number of fused-ring (bicyclic) bond motifs is 1. The second kappa shape index (κ2) is 6.29. The summed E-state index contributed by atoms with van der Waals surface area (Å²) in [5.74, 6) is 0. The van der Waals surface area contributed by atoms with Crippen LogP contribution >= 0.6 is 0 Å². The molecule has 9 nitrogen and oxygen atoms in total. The lowest BCUT2D eigenvalue weighted by atomic mass is 10.00. The molecule has 0 amide bonds. The van der Waals surface area contributed by atoms with Gasteiger partial charge in [0.05, 0.1) is 28.3 Å². The molecule has 1 aromatic heterocycles. The van der Waals surface area contributed by atoms with Crippen LogP contribution in [0.5, 0.6) is 0 Å². The Morgan fingerprint density at radius 1 is 1.29 bits per heavy atom. The van der Waals surface area contributed by atoms with Crippen molar-refractivity contribution < 1.29 is 26.3 Å². The van der Waals surface area contributed by atoms with Crippen LogP contribution in [0.1, 0.15) is 18.1 Å². The molecule has 0 fully saturated rings. The molecule has 13 heteroatoms. The van der Waals surface area contributed by atoms with Gasteiger partial charge in [-0.1, -0.05) is 4.70 Å². The van der Waals surface area contributed by atoms with Crippen LogP contribution in [-0.2, 0) is 16.2 Å². The molecule has 2 heterocycles. The first-order valence-corrected chi connectivity index (χ1v) is 9.72. The lowest BCUT2D eigenvalue weighted by molar-refractivity contribution is -0.469. The third kappa shape index (κ3) is 3.56. The first kappa shape index (κ1) is 19.8. The standard InChI is InChI=1S/C15H14F3N5O4S/c1-7-4-12(22(2)20-7)8-5-9-11(6-10(8)15(16,17)18)19-14(25)23(13(9)24)21-28(3,26)27/h4-7,21H,1-3H3/p+1. The summed E-state index contributed by atoms with van der Waals surface area (Å²) in [6.07, 6.45) is -2.55. The fraction of sp³-hybridized carbons (Fsp3) is 0.333. The number of nitrogens with one attached hydrogen (secondary N) is 2. The summed E-state index contributed by atoms with van der Waals surface area (Å²) in [6, 6.07) is 1.25. The van der Waals surface area contributed by atoms with Gasteiger partial charge in [0.15, 0.2) is 7.05 Å². The van der Waals surface area contributed by atoms with Crippen LogP contribution in [0.4, 0.5) is 13.2 Å². The van der Waals surface area contributed by atoms with Crippen molar-refractivity contribution in [1.82, 2.24) is 9.66 Å². The number of azo groups is 2. The molecule has 0 saturated carbocycles. The molecule has 2 aromatic rings. The van der Waals surface area contributed by atoms with Crippen LogP contribution in [0.2, 0.25) is 0 Å². The molecule has 2 N–H and O–H groups in total. The largest absolute Gasteiger partial charge is 0.417 e. The molecule has 28 heavy (non-hydrogen) atoms. The number of aromatic amines is 1. The second-order valence-electron chi connectivity index (χ2n) is 6.31. The van der Waals surface area contributed by atoms with E-state index in [0.29, 0.717) is 6.07 Å². The van der Waals surface area contributed by atoms with Gasteiger partial charge in [-0.3, -0.25) is 4.79 Å². The zero-order chi connectivity index (χ0) is 21.0. The van der Waals surface area contributed by atoms with Crippen molar-refractivity contribution in [3.8, 4) is 0 Å². The fourth-order valence-corrected chi connectivity index (χ4v) is 3.43. The van der Waals surface area contributed by atoms with Gasteiger partial charge in [0.2, 0.25) is 15.7 Å². The minimum Gasteiger partial charge on any atom is -0.305 e. The van der Waals surface area contributed by atoms with E-state index < -0.39 is 33.0 Å². The summed E-state index contributed by atoms with van der Waals surface area (Å²) in [4.78, 5) is 28.4. The number of alkyl halides is 3. The normalized spacial score (nSPS) is 17.6. The van der Waals surface area contributed by atoms with Crippen LogP contribution < -0.4 is 16.1 Å². The minimum atomic E-state index is -4.77. The highest BCUT2D eigenvalue weighted by Gasteiger charge is 2.38. The lowest BCUT2D eigenvalue weighted by Crippen LogP contribution is -2.43. The fourth-order valence-electron chi connectivity index (χ4n) is 2.93. The van der Waals surface area contributed by atoms with E-state index in [9.17, 15) is 31.2 Å². The van der Waals surface area contributed by atoms with E-state index in [1.807, 2.05) is 0 Å². The van der Waals surface area contributed by atoms with Crippen LogP contribution in [0.25, 0.3) is 16.6 Å². The molecule has 150 valence electrons. The van der Waals surface area contributed by atoms with Crippen molar-refractivity contribution in [2.24, 2.45) is 5.11 Å². The van der Waals surface area contributed by atoms with Crippen LogP contribution in [0, 0.1) is 0 Å². The maximum Gasteiger partial charge on any atom is 0.417 e. The van der Waals surface area contributed by atoms with Gasteiger partial charge < -0.3 is 4.98 Å². The molecule has 3 rings (SSSR count). The summed E-state index contributed by atoms with van der Waals surface area (Å²) < 4.78 is 65.1. The van der Waals surface area contributed by atoms with Gasteiger partial charge in [-0.2, -0.15) is 17.8 Å². The van der Waals surface area contributed by atoms with Crippen molar-refractivity contribution in [1.29, 1.82) is 0 Å². The van der Waals surface area contributed by atoms with E-state index in [4.69, 9.17) is 0 Å². The number of hydrogen-bond acceptors (Lipinski definition) is 5. The number of sulfonamides is 1. The Morgan fingerprint density at radius 2 is 1.93 bits per heavy atom. The van der Waals surface area contributed by atoms with Crippen molar-refractivity contribution in [3.63, 3.8) is 0 Å². The first-order valence-electron chi connectivity index (χ1n) is 7.82. The van der Waals surface area contributed by atoms with Crippen LogP contribution in [-0.4, -0.2) is 42.1 Å². The quantitative estimate of drug-likeness (QED) is 0.725. The molecule has 1 unspecified atom stereocenters. The van der Waals surface area contributed by atoms with Crippen molar-refractivity contribution >= 4 is 26.6 Å². The van der Waals surface area contributed by atoms with Crippen molar-refractivity contribution in [3.05, 3.63) is 50.2 Å². The Balaban J connectivity index is 2.40. The molecular formula is C15H15F3N5O4S+. The molecule has 0 spiro atoms. The van der Waals surface area contributed by atoms with Crippen molar-refractivity contribution in [2.45, 2.75) is 19.1 Å². The molecule has 1 aliphatic heterocycles. The van der Waals surface area contributed by atoms with Crippen LogP contribution in [0.15, 0.2) is 32.9 Å². The van der Waals surface area contributed by atoms with Gasteiger partial charge >= 0.3 is 11.9 Å². The Bertz CT molecular complexity index is 1270. The average Bonchev–Trinajstić information content (AvgIpc) is 2.87. The van der Waals surface area contributed by atoms with E-state index in [0.717, 1.165) is 12.3 Å². The monoisotopic (exact) mass is 418 g/mol. The topological polar surface area (TPSA) is 116 Å². The van der Waals surface area contributed by atoms with E-state index in [2.05, 4.69) is 10.1 Å². The summed E-state index contributed by atoms with van der Waals surface area (Å²) in [5, 5.41) is 3.79. The predicted octanol–water partition coefficient (Wildman–Crippen LogP) is 1.05. The van der Waals surface area contributed by atoms with E-state index >= 15 is 0 Å². The van der Waals surface area contributed by atoms with Gasteiger partial charge in [0, 0.05) is 6.08 Å². The molecule has 1 aliphatic rings. The molecule has 1 aromatic carbocycles. The smallest absolute Gasteiger partial charge is 0.305 e. The van der Waals surface area contributed by atoms with E-state index in [1.54, 1.807) is 11.8 Å². The number of hydrogen-bond donors (Lipinski definition) is 2. The highest BCUT2D eigenvalue weighted by molar-refractivity contribution is 7.91. The second-order valence-corrected chi connectivity index (χ2v) is 8.03. The Labute approximate surface area is 155 Å². The average molecular weight is 418 g/mol. The number of H-pyrrole nitrogens is 1.